The van der Waals surface area contributed by atoms with Crippen molar-refractivity contribution in [2.75, 3.05) is 7.05 Å². The molecule has 0 aliphatic carbocycles. The van der Waals surface area contributed by atoms with Gasteiger partial charge in [-0.25, -0.2) is 4.39 Å². The van der Waals surface area contributed by atoms with E-state index in [1.54, 1.807) is 18.4 Å². The van der Waals surface area contributed by atoms with Crippen molar-refractivity contribution >= 4 is 15.9 Å². The van der Waals surface area contributed by atoms with E-state index in [2.05, 4.69) is 21.2 Å². The van der Waals surface area contributed by atoms with Crippen molar-refractivity contribution in [3.05, 3.63) is 57.7 Å². The molecule has 4 heteroatoms. The molecule has 0 amide bonds. The SMILES string of the molecule is CNC(Cc1cc(F)ccc1Br)c1ccoc1C. The molecule has 2 rings (SSSR count). The monoisotopic (exact) mass is 311 g/mol. The molecule has 0 aliphatic heterocycles. The Morgan fingerprint density at radius 1 is 1.39 bits per heavy atom. The summed E-state index contributed by atoms with van der Waals surface area (Å²) in [5.41, 5.74) is 2.05. The van der Waals surface area contributed by atoms with Crippen LogP contribution in [0.2, 0.25) is 0 Å². The van der Waals surface area contributed by atoms with Gasteiger partial charge in [0.05, 0.1) is 6.26 Å². The summed E-state index contributed by atoms with van der Waals surface area (Å²) in [4.78, 5) is 0. The van der Waals surface area contributed by atoms with Crippen molar-refractivity contribution in [2.45, 2.75) is 19.4 Å². The lowest BCUT2D eigenvalue weighted by atomic mass is 9.99. The van der Waals surface area contributed by atoms with E-state index < -0.39 is 0 Å². The summed E-state index contributed by atoms with van der Waals surface area (Å²) in [6, 6.07) is 6.81. The Balaban J connectivity index is 2.26. The third kappa shape index (κ3) is 2.82. The summed E-state index contributed by atoms with van der Waals surface area (Å²) in [5, 5.41) is 3.24. The lowest BCUT2D eigenvalue weighted by molar-refractivity contribution is 0.511. The minimum atomic E-state index is -0.216. The minimum absolute atomic E-state index is 0.113. The fourth-order valence-electron chi connectivity index (χ4n) is 2.04. The molecule has 0 aliphatic rings. The predicted molar refractivity (Wildman–Crippen MR) is 73.0 cm³/mol. The smallest absolute Gasteiger partial charge is 0.123 e. The molecule has 1 N–H and O–H groups in total. The van der Waals surface area contributed by atoms with Crippen LogP contribution in [0.25, 0.3) is 0 Å². The van der Waals surface area contributed by atoms with Crippen LogP contribution >= 0.6 is 15.9 Å². The van der Waals surface area contributed by atoms with Crippen LogP contribution in [0.15, 0.2) is 39.4 Å². The number of likely N-dealkylation sites (N-methyl/N-ethyl adjacent to an activating group) is 1. The molecule has 18 heavy (non-hydrogen) atoms. The highest BCUT2D eigenvalue weighted by molar-refractivity contribution is 9.10. The lowest BCUT2D eigenvalue weighted by Crippen LogP contribution is -2.19. The quantitative estimate of drug-likeness (QED) is 0.923. The first-order valence-electron chi connectivity index (χ1n) is 5.77. The molecule has 1 aromatic carbocycles. The largest absolute Gasteiger partial charge is 0.469 e. The van der Waals surface area contributed by atoms with Gasteiger partial charge in [0.15, 0.2) is 0 Å². The Morgan fingerprint density at radius 3 is 2.78 bits per heavy atom. The molecule has 1 aromatic heterocycles. The predicted octanol–water partition coefficient (Wildman–Crippen LogP) is 3.99. The highest BCUT2D eigenvalue weighted by Crippen LogP contribution is 2.26. The standard InChI is InChI=1S/C14H15BrFNO/c1-9-12(5-6-18-9)14(17-2)8-10-7-11(16)3-4-13(10)15/h3-7,14,17H,8H2,1-2H3. The van der Waals surface area contributed by atoms with Crippen molar-refractivity contribution in [3.63, 3.8) is 0 Å². The summed E-state index contributed by atoms with van der Waals surface area (Å²) in [6.07, 6.45) is 2.38. The first kappa shape index (κ1) is 13.3. The zero-order chi connectivity index (χ0) is 13.1. The van der Waals surface area contributed by atoms with Gasteiger partial charge in [0.2, 0.25) is 0 Å². The van der Waals surface area contributed by atoms with Crippen molar-refractivity contribution < 1.29 is 8.81 Å². The van der Waals surface area contributed by atoms with Crippen molar-refractivity contribution in [3.8, 4) is 0 Å². The number of furan rings is 1. The number of hydrogen-bond acceptors (Lipinski definition) is 2. The maximum absolute atomic E-state index is 13.3. The van der Waals surface area contributed by atoms with E-state index >= 15 is 0 Å². The second-order valence-electron chi connectivity index (χ2n) is 4.21. The van der Waals surface area contributed by atoms with E-state index in [4.69, 9.17) is 4.42 Å². The van der Waals surface area contributed by atoms with E-state index in [1.165, 1.54) is 6.07 Å². The average Bonchev–Trinajstić information content (AvgIpc) is 2.77. The Hall–Kier alpha value is -1.13. The summed E-state index contributed by atoms with van der Waals surface area (Å²) < 4.78 is 19.5. The van der Waals surface area contributed by atoms with Gasteiger partial charge in [-0.2, -0.15) is 0 Å². The third-order valence-electron chi connectivity index (χ3n) is 3.05. The molecule has 1 unspecified atom stereocenters. The van der Waals surface area contributed by atoms with Gasteiger partial charge in [-0.3, -0.25) is 0 Å². The molecule has 0 fully saturated rings. The van der Waals surface area contributed by atoms with Crippen LogP contribution in [0.5, 0.6) is 0 Å². The van der Waals surface area contributed by atoms with Crippen LogP contribution in [-0.4, -0.2) is 7.05 Å². The third-order valence-corrected chi connectivity index (χ3v) is 3.83. The average molecular weight is 312 g/mol. The lowest BCUT2D eigenvalue weighted by Gasteiger charge is -2.16. The summed E-state index contributed by atoms with van der Waals surface area (Å²) in [7, 11) is 1.89. The summed E-state index contributed by atoms with van der Waals surface area (Å²) >= 11 is 3.45. The van der Waals surface area contributed by atoms with E-state index in [1.807, 2.05) is 20.0 Å². The molecule has 2 aromatic rings. The Labute approximate surface area is 114 Å². The molecule has 0 spiro atoms. The van der Waals surface area contributed by atoms with E-state index in [0.717, 1.165) is 21.4 Å². The zero-order valence-electron chi connectivity index (χ0n) is 10.3. The van der Waals surface area contributed by atoms with Gasteiger partial charge >= 0.3 is 0 Å². The van der Waals surface area contributed by atoms with Crippen molar-refractivity contribution in [1.82, 2.24) is 5.32 Å². The number of benzene rings is 1. The maximum atomic E-state index is 13.3. The molecule has 1 atom stereocenters. The van der Waals surface area contributed by atoms with Gasteiger partial charge in [0.1, 0.15) is 11.6 Å². The van der Waals surface area contributed by atoms with Crippen LogP contribution in [0, 0.1) is 12.7 Å². The minimum Gasteiger partial charge on any atom is -0.469 e. The fourth-order valence-corrected chi connectivity index (χ4v) is 2.45. The van der Waals surface area contributed by atoms with Gasteiger partial charge in [0.25, 0.3) is 0 Å². The van der Waals surface area contributed by atoms with E-state index in [0.29, 0.717) is 6.42 Å². The normalized spacial score (nSPS) is 12.7. The Kier molecular flexibility index (Phi) is 4.19. The van der Waals surface area contributed by atoms with Crippen LogP contribution in [-0.2, 0) is 6.42 Å². The van der Waals surface area contributed by atoms with Crippen LogP contribution < -0.4 is 5.32 Å². The maximum Gasteiger partial charge on any atom is 0.123 e. The van der Waals surface area contributed by atoms with Gasteiger partial charge in [0, 0.05) is 16.1 Å². The topological polar surface area (TPSA) is 25.2 Å². The molecule has 0 saturated heterocycles. The van der Waals surface area contributed by atoms with E-state index in [9.17, 15) is 4.39 Å². The van der Waals surface area contributed by atoms with Crippen molar-refractivity contribution in [2.24, 2.45) is 0 Å². The highest BCUT2D eigenvalue weighted by atomic mass is 79.9. The van der Waals surface area contributed by atoms with Crippen LogP contribution in [0.4, 0.5) is 4.39 Å². The number of nitrogens with one attached hydrogen (secondary N) is 1. The first-order chi connectivity index (χ1) is 8.61. The number of hydrogen-bond donors (Lipinski definition) is 1. The van der Waals surface area contributed by atoms with Crippen LogP contribution in [0.1, 0.15) is 22.9 Å². The number of aryl methyl sites for hydroxylation is 1. The summed E-state index contributed by atoms with van der Waals surface area (Å²) in [5.74, 6) is 0.675. The second kappa shape index (κ2) is 5.67. The van der Waals surface area contributed by atoms with Crippen molar-refractivity contribution in [1.29, 1.82) is 0 Å². The first-order valence-corrected chi connectivity index (χ1v) is 6.56. The molecule has 1 heterocycles. The van der Waals surface area contributed by atoms with Crippen LogP contribution in [0.3, 0.4) is 0 Å². The van der Waals surface area contributed by atoms with Gasteiger partial charge in [-0.15, -0.1) is 0 Å². The molecule has 96 valence electrons. The highest BCUT2D eigenvalue weighted by Gasteiger charge is 2.16. The van der Waals surface area contributed by atoms with E-state index in [-0.39, 0.29) is 11.9 Å². The Morgan fingerprint density at radius 2 is 2.17 bits per heavy atom. The molecule has 2 nitrogen and oxygen atoms in total. The molecule has 0 saturated carbocycles. The number of rotatable bonds is 4. The molecular formula is C14H15BrFNO. The molecule has 0 radical (unpaired) electrons. The van der Waals surface area contributed by atoms with Gasteiger partial charge in [-0.1, -0.05) is 15.9 Å². The van der Waals surface area contributed by atoms with Gasteiger partial charge in [-0.05, 0) is 50.2 Å². The molecule has 0 bridgehead atoms. The zero-order valence-corrected chi connectivity index (χ0v) is 11.9. The molecular weight excluding hydrogens is 297 g/mol. The number of halogens is 2. The summed E-state index contributed by atoms with van der Waals surface area (Å²) in [6.45, 7) is 1.93. The Bertz CT molecular complexity index is 538. The van der Waals surface area contributed by atoms with Gasteiger partial charge < -0.3 is 9.73 Å². The fraction of sp³-hybridized carbons (Fsp3) is 0.286. The second-order valence-corrected chi connectivity index (χ2v) is 5.07.